The highest BCUT2D eigenvalue weighted by atomic mass is 16.5. The molecule has 0 aliphatic carbocycles. The first kappa shape index (κ1) is 15.0. The molecule has 0 radical (unpaired) electrons. The van der Waals surface area contributed by atoms with Crippen LogP contribution < -0.4 is 11.1 Å². The molecule has 2 aromatic rings. The molecular formula is C16H21N3O3. The van der Waals surface area contributed by atoms with Crippen LogP contribution in [0.4, 0.5) is 5.69 Å². The molecule has 2 heterocycles. The van der Waals surface area contributed by atoms with Crippen molar-refractivity contribution in [2.24, 2.45) is 11.7 Å². The predicted molar refractivity (Wildman–Crippen MR) is 83.5 cm³/mol. The monoisotopic (exact) mass is 303 g/mol. The molecule has 1 aliphatic rings. The van der Waals surface area contributed by atoms with Crippen molar-refractivity contribution in [3.05, 3.63) is 24.1 Å². The quantitative estimate of drug-likeness (QED) is 0.902. The molecule has 0 spiro atoms. The van der Waals surface area contributed by atoms with Gasteiger partial charge in [0.05, 0.1) is 6.04 Å². The van der Waals surface area contributed by atoms with Crippen LogP contribution in [0.15, 0.2) is 22.6 Å². The number of nitrogens with zero attached hydrogens (tertiary/aromatic N) is 1. The number of nitrogens with one attached hydrogen (secondary N) is 1. The summed E-state index contributed by atoms with van der Waals surface area (Å²) in [6.45, 7) is 3.34. The lowest BCUT2D eigenvalue weighted by molar-refractivity contribution is -0.119. The van der Waals surface area contributed by atoms with Crippen LogP contribution in [0.2, 0.25) is 0 Å². The summed E-state index contributed by atoms with van der Waals surface area (Å²) in [6, 6.07) is 4.92. The average Bonchev–Trinajstić information content (AvgIpc) is 2.97. The fourth-order valence-electron chi connectivity index (χ4n) is 2.72. The van der Waals surface area contributed by atoms with E-state index in [1.54, 1.807) is 0 Å². The smallest absolute Gasteiger partial charge is 0.241 e. The highest BCUT2D eigenvalue weighted by Gasteiger charge is 2.26. The molecule has 0 bridgehead atoms. The summed E-state index contributed by atoms with van der Waals surface area (Å²) < 4.78 is 10.9. The van der Waals surface area contributed by atoms with E-state index in [9.17, 15) is 4.79 Å². The number of rotatable bonds is 4. The molecule has 1 fully saturated rings. The number of hydrogen-bond donors (Lipinski definition) is 2. The molecule has 118 valence electrons. The summed E-state index contributed by atoms with van der Waals surface area (Å²) in [5, 5.41) is 2.87. The summed E-state index contributed by atoms with van der Waals surface area (Å²) in [7, 11) is 0. The van der Waals surface area contributed by atoms with E-state index in [2.05, 4.69) is 10.3 Å². The van der Waals surface area contributed by atoms with Gasteiger partial charge in [-0.25, -0.2) is 4.98 Å². The van der Waals surface area contributed by atoms with Gasteiger partial charge in [-0.15, -0.1) is 0 Å². The standard InChI is InChI=1S/C16H21N3O3/c1-2-14-19-12-9-11(3-4-13(12)22-14)18-16(20)15(17)10-5-7-21-8-6-10/h3-4,9-10,15H,2,5-8,17H2,1H3,(H,18,20). The molecule has 3 N–H and O–H groups in total. The van der Waals surface area contributed by atoms with Crippen molar-refractivity contribution in [2.45, 2.75) is 32.2 Å². The van der Waals surface area contributed by atoms with Crippen LogP contribution in [0.5, 0.6) is 0 Å². The van der Waals surface area contributed by atoms with E-state index in [1.165, 1.54) is 0 Å². The molecule has 1 aromatic heterocycles. The van der Waals surface area contributed by atoms with E-state index in [1.807, 2.05) is 25.1 Å². The van der Waals surface area contributed by atoms with E-state index in [4.69, 9.17) is 14.9 Å². The second kappa shape index (κ2) is 6.46. The van der Waals surface area contributed by atoms with Crippen molar-refractivity contribution < 1.29 is 13.9 Å². The number of amides is 1. The fourth-order valence-corrected chi connectivity index (χ4v) is 2.72. The number of aromatic nitrogens is 1. The van der Waals surface area contributed by atoms with Crippen molar-refractivity contribution in [1.82, 2.24) is 4.98 Å². The van der Waals surface area contributed by atoms with Crippen LogP contribution >= 0.6 is 0 Å². The topological polar surface area (TPSA) is 90.4 Å². The van der Waals surface area contributed by atoms with Crippen LogP contribution in [-0.2, 0) is 16.0 Å². The van der Waals surface area contributed by atoms with Crippen LogP contribution in [0, 0.1) is 5.92 Å². The van der Waals surface area contributed by atoms with Gasteiger partial charge in [0.1, 0.15) is 5.52 Å². The first-order valence-electron chi connectivity index (χ1n) is 7.71. The van der Waals surface area contributed by atoms with Crippen molar-refractivity contribution in [1.29, 1.82) is 0 Å². The largest absolute Gasteiger partial charge is 0.441 e. The van der Waals surface area contributed by atoms with Gasteiger partial charge in [0.25, 0.3) is 0 Å². The predicted octanol–water partition coefficient (Wildman–Crippen LogP) is 2.08. The lowest BCUT2D eigenvalue weighted by Gasteiger charge is -2.26. The van der Waals surface area contributed by atoms with Gasteiger partial charge < -0.3 is 20.2 Å². The Hall–Kier alpha value is -1.92. The molecule has 3 rings (SSSR count). The molecule has 6 heteroatoms. The van der Waals surface area contributed by atoms with Gasteiger partial charge in [0.15, 0.2) is 11.5 Å². The third-order valence-electron chi connectivity index (χ3n) is 4.08. The van der Waals surface area contributed by atoms with Gasteiger partial charge in [-0.05, 0) is 37.0 Å². The second-order valence-electron chi connectivity index (χ2n) is 5.61. The third kappa shape index (κ3) is 3.13. The number of hydrogen-bond acceptors (Lipinski definition) is 5. The van der Waals surface area contributed by atoms with E-state index < -0.39 is 6.04 Å². The average molecular weight is 303 g/mol. The highest BCUT2D eigenvalue weighted by molar-refractivity contribution is 5.96. The van der Waals surface area contributed by atoms with Crippen LogP contribution in [0.3, 0.4) is 0 Å². The Morgan fingerprint density at radius 1 is 1.45 bits per heavy atom. The Morgan fingerprint density at radius 3 is 2.95 bits per heavy atom. The molecule has 1 aliphatic heterocycles. The van der Waals surface area contributed by atoms with Gasteiger partial charge in [0, 0.05) is 25.3 Å². The minimum absolute atomic E-state index is 0.162. The molecular weight excluding hydrogens is 282 g/mol. The minimum atomic E-state index is -0.511. The molecule has 1 atom stereocenters. The zero-order chi connectivity index (χ0) is 15.5. The zero-order valence-electron chi connectivity index (χ0n) is 12.7. The highest BCUT2D eigenvalue weighted by Crippen LogP contribution is 2.22. The number of carbonyl (C=O) groups excluding carboxylic acids is 1. The van der Waals surface area contributed by atoms with Crippen LogP contribution in [0.1, 0.15) is 25.7 Å². The first-order valence-corrected chi connectivity index (χ1v) is 7.71. The maximum absolute atomic E-state index is 12.3. The molecule has 1 unspecified atom stereocenters. The Balaban J connectivity index is 1.70. The lowest BCUT2D eigenvalue weighted by Crippen LogP contribution is -2.43. The molecule has 1 aromatic carbocycles. The zero-order valence-corrected chi connectivity index (χ0v) is 12.7. The Kier molecular flexibility index (Phi) is 4.40. The van der Waals surface area contributed by atoms with Gasteiger partial charge in [-0.2, -0.15) is 0 Å². The van der Waals surface area contributed by atoms with E-state index >= 15 is 0 Å². The normalized spacial score (nSPS) is 17.5. The summed E-state index contributed by atoms with van der Waals surface area (Å²) in [5.41, 5.74) is 8.24. The van der Waals surface area contributed by atoms with Gasteiger partial charge >= 0.3 is 0 Å². The first-order chi connectivity index (χ1) is 10.7. The molecule has 1 amide bonds. The Morgan fingerprint density at radius 2 is 2.23 bits per heavy atom. The third-order valence-corrected chi connectivity index (χ3v) is 4.08. The summed E-state index contributed by atoms with van der Waals surface area (Å²) >= 11 is 0. The molecule has 22 heavy (non-hydrogen) atoms. The van der Waals surface area contributed by atoms with Crippen molar-refractivity contribution in [3.8, 4) is 0 Å². The Bertz CT molecular complexity index is 662. The van der Waals surface area contributed by atoms with E-state index in [0.717, 1.165) is 30.4 Å². The number of benzene rings is 1. The fraction of sp³-hybridized carbons (Fsp3) is 0.500. The maximum Gasteiger partial charge on any atom is 0.241 e. The number of fused-ring (bicyclic) bond motifs is 1. The van der Waals surface area contributed by atoms with Gasteiger partial charge in [-0.1, -0.05) is 6.92 Å². The van der Waals surface area contributed by atoms with Crippen molar-refractivity contribution >= 4 is 22.7 Å². The summed E-state index contributed by atoms with van der Waals surface area (Å²) in [4.78, 5) is 16.7. The maximum atomic E-state index is 12.3. The molecule has 0 saturated carbocycles. The Labute approximate surface area is 129 Å². The SMILES string of the molecule is CCc1nc2cc(NC(=O)C(N)C3CCOCC3)ccc2o1. The number of anilines is 1. The van der Waals surface area contributed by atoms with Crippen molar-refractivity contribution in [3.63, 3.8) is 0 Å². The lowest BCUT2D eigenvalue weighted by atomic mass is 9.92. The summed E-state index contributed by atoms with van der Waals surface area (Å²) in [5.74, 6) is 0.707. The molecule has 6 nitrogen and oxygen atoms in total. The second-order valence-corrected chi connectivity index (χ2v) is 5.61. The van der Waals surface area contributed by atoms with Crippen LogP contribution in [-0.4, -0.2) is 30.1 Å². The summed E-state index contributed by atoms with van der Waals surface area (Å²) in [6.07, 6.45) is 2.40. The van der Waals surface area contributed by atoms with Gasteiger partial charge in [-0.3, -0.25) is 4.79 Å². The number of ether oxygens (including phenoxy) is 1. The number of oxazole rings is 1. The number of carbonyl (C=O) groups is 1. The number of nitrogens with two attached hydrogens (primary N) is 1. The van der Waals surface area contributed by atoms with E-state index in [0.29, 0.717) is 24.8 Å². The molecule has 1 saturated heterocycles. The minimum Gasteiger partial charge on any atom is -0.441 e. The van der Waals surface area contributed by atoms with E-state index in [-0.39, 0.29) is 11.8 Å². The van der Waals surface area contributed by atoms with Crippen molar-refractivity contribution in [2.75, 3.05) is 18.5 Å². The van der Waals surface area contributed by atoms with Crippen LogP contribution in [0.25, 0.3) is 11.1 Å². The number of aryl methyl sites for hydroxylation is 1. The van der Waals surface area contributed by atoms with Gasteiger partial charge in [0.2, 0.25) is 5.91 Å².